The Kier molecular flexibility index (Phi) is 5.49. The van der Waals surface area contributed by atoms with E-state index in [9.17, 15) is 0 Å². The van der Waals surface area contributed by atoms with E-state index >= 15 is 0 Å². The molecule has 0 amide bonds. The lowest BCUT2D eigenvalue weighted by molar-refractivity contribution is 0.338. The van der Waals surface area contributed by atoms with E-state index in [-0.39, 0.29) is 0 Å². The summed E-state index contributed by atoms with van der Waals surface area (Å²) in [5, 5.41) is 0. The lowest BCUT2D eigenvalue weighted by Crippen LogP contribution is -2.22. The van der Waals surface area contributed by atoms with Crippen LogP contribution in [0.3, 0.4) is 0 Å². The van der Waals surface area contributed by atoms with E-state index in [1.807, 2.05) is 24.3 Å². The molecule has 0 saturated carbocycles. The van der Waals surface area contributed by atoms with Crippen molar-refractivity contribution in [3.05, 3.63) is 59.8 Å². The first-order chi connectivity index (χ1) is 12.2. The highest BCUT2D eigenvalue weighted by Crippen LogP contribution is 2.30. The molecule has 1 aliphatic heterocycles. The Morgan fingerprint density at radius 2 is 1.60 bits per heavy atom. The van der Waals surface area contributed by atoms with Gasteiger partial charge in [0.1, 0.15) is 17.2 Å². The number of methoxy groups -OCH3 is 3. The van der Waals surface area contributed by atoms with Crippen molar-refractivity contribution in [2.45, 2.75) is 19.4 Å². The molecule has 0 N–H and O–H groups in total. The molecule has 0 unspecified atom stereocenters. The smallest absolute Gasteiger partial charge is 0.127 e. The van der Waals surface area contributed by atoms with Crippen LogP contribution in [-0.4, -0.2) is 32.8 Å². The SMILES string of the molecule is COc1ccc(C2=CN(Cc3ccc(OC)cc3OC)CCC2)cc1. The standard InChI is InChI=1S/C21H25NO3/c1-23-19-9-6-16(7-10-19)17-5-4-12-22(14-17)15-18-8-11-20(24-2)13-21(18)25-3/h6-11,13-14H,4-5,12,15H2,1-3H3. The zero-order chi connectivity index (χ0) is 17.6. The van der Waals surface area contributed by atoms with E-state index in [4.69, 9.17) is 14.2 Å². The van der Waals surface area contributed by atoms with E-state index < -0.39 is 0 Å². The van der Waals surface area contributed by atoms with Crippen molar-refractivity contribution < 1.29 is 14.2 Å². The quantitative estimate of drug-likeness (QED) is 0.783. The third kappa shape index (κ3) is 4.08. The van der Waals surface area contributed by atoms with Gasteiger partial charge in [0.15, 0.2) is 0 Å². The lowest BCUT2D eigenvalue weighted by atomic mass is 9.99. The predicted molar refractivity (Wildman–Crippen MR) is 100 cm³/mol. The summed E-state index contributed by atoms with van der Waals surface area (Å²) in [5.74, 6) is 2.57. The number of nitrogens with zero attached hydrogens (tertiary/aromatic N) is 1. The second-order valence-electron chi connectivity index (χ2n) is 6.13. The Hall–Kier alpha value is -2.62. The van der Waals surface area contributed by atoms with Crippen LogP contribution in [0.2, 0.25) is 0 Å². The van der Waals surface area contributed by atoms with Crippen LogP contribution in [0.25, 0.3) is 5.57 Å². The second-order valence-corrected chi connectivity index (χ2v) is 6.13. The van der Waals surface area contributed by atoms with E-state index in [2.05, 4.69) is 29.3 Å². The maximum atomic E-state index is 5.53. The molecule has 0 spiro atoms. The molecule has 3 rings (SSSR count). The van der Waals surface area contributed by atoms with Gasteiger partial charge in [0, 0.05) is 30.9 Å². The summed E-state index contributed by atoms with van der Waals surface area (Å²) in [4.78, 5) is 2.35. The molecule has 0 atom stereocenters. The fourth-order valence-electron chi connectivity index (χ4n) is 3.17. The molecule has 2 aromatic carbocycles. The minimum atomic E-state index is 0.814. The monoisotopic (exact) mass is 339 g/mol. The molecule has 2 aromatic rings. The Balaban J connectivity index is 1.78. The molecule has 4 nitrogen and oxygen atoms in total. The van der Waals surface area contributed by atoms with Gasteiger partial charge in [-0.2, -0.15) is 0 Å². The number of allylic oxidation sites excluding steroid dienone is 1. The molecule has 0 aliphatic carbocycles. The van der Waals surface area contributed by atoms with Crippen LogP contribution in [0.15, 0.2) is 48.7 Å². The van der Waals surface area contributed by atoms with Crippen LogP contribution < -0.4 is 14.2 Å². The molecule has 0 fully saturated rings. The van der Waals surface area contributed by atoms with Gasteiger partial charge in [-0.25, -0.2) is 0 Å². The molecule has 25 heavy (non-hydrogen) atoms. The van der Waals surface area contributed by atoms with E-state index in [1.54, 1.807) is 21.3 Å². The first-order valence-electron chi connectivity index (χ1n) is 8.53. The Morgan fingerprint density at radius 3 is 2.28 bits per heavy atom. The van der Waals surface area contributed by atoms with Gasteiger partial charge in [-0.3, -0.25) is 0 Å². The van der Waals surface area contributed by atoms with Crippen molar-refractivity contribution in [2.24, 2.45) is 0 Å². The second kappa shape index (κ2) is 7.97. The molecule has 1 aliphatic rings. The summed E-state index contributed by atoms with van der Waals surface area (Å²) >= 11 is 0. The third-order valence-electron chi connectivity index (χ3n) is 4.56. The number of hydrogen-bond acceptors (Lipinski definition) is 4. The van der Waals surface area contributed by atoms with Gasteiger partial charge in [-0.05, 0) is 48.2 Å². The Labute approximate surface area is 149 Å². The highest BCUT2D eigenvalue weighted by molar-refractivity contribution is 5.66. The summed E-state index contributed by atoms with van der Waals surface area (Å²) in [5.41, 5.74) is 3.78. The van der Waals surface area contributed by atoms with E-state index in [1.165, 1.54) is 11.1 Å². The highest BCUT2D eigenvalue weighted by Gasteiger charge is 2.14. The van der Waals surface area contributed by atoms with Crippen molar-refractivity contribution in [2.75, 3.05) is 27.9 Å². The number of rotatable bonds is 6. The molecule has 1 heterocycles. The van der Waals surface area contributed by atoms with Gasteiger partial charge in [-0.1, -0.05) is 12.1 Å². The van der Waals surface area contributed by atoms with Gasteiger partial charge in [-0.15, -0.1) is 0 Å². The third-order valence-corrected chi connectivity index (χ3v) is 4.56. The average molecular weight is 339 g/mol. The zero-order valence-corrected chi connectivity index (χ0v) is 15.1. The van der Waals surface area contributed by atoms with Crippen LogP contribution in [0.1, 0.15) is 24.0 Å². The van der Waals surface area contributed by atoms with Crippen LogP contribution >= 0.6 is 0 Å². The fourth-order valence-corrected chi connectivity index (χ4v) is 3.17. The van der Waals surface area contributed by atoms with Crippen LogP contribution in [-0.2, 0) is 6.54 Å². The molecule has 4 heteroatoms. The van der Waals surface area contributed by atoms with E-state index in [0.29, 0.717) is 0 Å². The minimum Gasteiger partial charge on any atom is -0.497 e. The maximum Gasteiger partial charge on any atom is 0.127 e. The van der Waals surface area contributed by atoms with E-state index in [0.717, 1.165) is 48.7 Å². The Bertz CT molecular complexity index is 737. The molecular formula is C21H25NO3. The van der Waals surface area contributed by atoms with Crippen molar-refractivity contribution in [3.8, 4) is 17.2 Å². The summed E-state index contributed by atoms with van der Waals surface area (Å²) in [6.45, 7) is 1.88. The summed E-state index contributed by atoms with van der Waals surface area (Å²) in [6.07, 6.45) is 4.52. The van der Waals surface area contributed by atoms with Crippen molar-refractivity contribution >= 4 is 5.57 Å². The largest absolute Gasteiger partial charge is 0.497 e. The van der Waals surface area contributed by atoms with Crippen LogP contribution in [0.4, 0.5) is 0 Å². The first kappa shape index (κ1) is 17.2. The van der Waals surface area contributed by atoms with Crippen molar-refractivity contribution in [1.29, 1.82) is 0 Å². The summed E-state index contributed by atoms with van der Waals surface area (Å²) in [7, 11) is 5.06. The number of hydrogen-bond donors (Lipinski definition) is 0. The van der Waals surface area contributed by atoms with Gasteiger partial charge < -0.3 is 19.1 Å². The van der Waals surface area contributed by atoms with Crippen molar-refractivity contribution in [3.63, 3.8) is 0 Å². The van der Waals surface area contributed by atoms with Crippen LogP contribution in [0.5, 0.6) is 17.2 Å². The normalized spacial score (nSPS) is 14.0. The van der Waals surface area contributed by atoms with Crippen LogP contribution in [0, 0.1) is 0 Å². The topological polar surface area (TPSA) is 30.9 Å². The first-order valence-corrected chi connectivity index (χ1v) is 8.53. The van der Waals surface area contributed by atoms with Gasteiger partial charge in [0.25, 0.3) is 0 Å². The molecule has 132 valence electrons. The van der Waals surface area contributed by atoms with Gasteiger partial charge >= 0.3 is 0 Å². The number of ether oxygens (including phenoxy) is 3. The average Bonchev–Trinajstić information content (AvgIpc) is 2.68. The lowest BCUT2D eigenvalue weighted by Gasteiger charge is -2.28. The summed E-state index contributed by atoms with van der Waals surface area (Å²) < 4.78 is 16.1. The molecule has 0 aromatic heterocycles. The molecule has 0 bridgehead atoms. The minimum absolute atomic E-state index is 0.814. The predicted octanol–water partition coefficient (Wildman–Crippen LogP) is 4.35. The maximum absolute atomic E-state index is 5.53. The summed E-state index contributed by atoms with van der Waals surface area (Å²) in [6, 6.07) is 14.3. The highest BCUT2D eigenvalue weighted by atomic mass is 16.5. The fraction of sp³-hybridized carbons (Fsp3) is 0.333. The zero-order valence-electron chi connectivity index (χ0n) is 15.1. The molecule has 0 radical (unpaired) electrons. The number of benzene rings is 2. The molecular weight excluding hydrogens is 314 g/mol. The molecule has 0 saturated heterocycles. The van der Waals surface area contributed by atoms with Gasteiger partial charge in [0.05, 0.1) is 21.3 Å². The van der Waals surface area contributed by atoms with Gasteiger partial charge in [0.2, 0.25) is 0 Å². The van der Waals surface area contributed by atoms with Crippen molar-refractivity contribution in [1.82, 2.24) is 4.90 Å². The Morgan fingerprint density at radius 1 is 0.880 bits per heavy atom.